The summed E-state index contributed by atoms with van der Waals surface area (Å²) in [6, 6.07) is 19.1. The molecule has 4 aromatic rings. The molecule has 1 saturated heterocycles. The first-order chi connectivity index (χ1) is 25.6. The summed E-state index contributed by atoms with van der Waals surface area (Å²) >= 11 is 0. The van der Waals surface area contributed by atoms with Gasteiger partial charge in [-0.3, -0.25) is 9.69 Å². The number of ether oxygens (including phenoxy) is 2. The van der Waals surface area contributed by atoms with Gasteiger partial charge in [-0.25, -0.2) is 23.9 Å². The van der Waals surface area contributed by atoms with Crippen LogP contribution in [0.25, 0.3) is 10.9 Å². The molecular formula is C39H47N7O7. The molecule has 0 bridgehead atoms. The largest absolute Gasteiger partial charge is 0.494 e. The Morgan fingerprint density at radius 3 is 2.26 bits per heavy atom. The number of piperazine rings is 1. The van der Waals surface area contributed by atoms with Crippen molar-refractivity contribution >= 4 is 51.9 Å². The fraction of sp³-hybridized carbons (Fsp3) is 0.359. The molecule has 53 heavy (non-hydrogen) atoms. The van der Waals surface area contributed by atoms with E-state index in [0.717, 1.165) is 30.7 Å². The lowest BCUT2D eigenvalue weighted by molar-refractivity contribution is -0.143. The number of aliphatic imine (C=N–C) groups is 1. The van der Waals surface area contributed by atoms with Crippen molar-refractivity contribution in [3.63, 3.8) is 0 Å². The molecule has 14 heteroatoms. The van der Waals surface area contributed by atoms with Gasteiger partial charge in [0.1, 0.15) is 6.04 Å². The molecule has 1 aliphatic heterocycles. The fourth-order valence-corrected chi connectivity index (χ4v) is 6.24. The summed E-state index contributed by atoms with van der Waals surface area (Å²) in [6.45, 7) is 4.25. The van der Waals surface area contributed by atoms with Gasteiger partial charge < -0.3 is 35.4 Å². The number of rotatable bonds is 13. The van der Waals surface area contributed by atoms with Crippen LogP contribution >= 0.6 is 0 Å². The number of hydrogen-bond acceptors (Lipinski definition) is 11. The number of aromatic nitrogens is 1. The molecule has 2 amide bonds. The first-order valence-electron chi connectivity index (χ1n) is 17.5. The molecule has 0 unspecified atom stereocenters. The fourth-order valence-electron chi connectivity index (χ4n) is 6.24. The molecule has 0 aliphatic carbocycles. The highest BCUT2D eigenvalue weighted by molar-refractivity contribution is 6.23. The highest BCUT2D eigenvalue weighted by atomic mass is 16.5. The molecule has 2 heterocycles. The van der Waals surface area contributed by atoms with E-state index < -0.39 is 29.9 Å². The van der Waals surface area contributed by atoms with Crippen LogP contribution in [0.1, 0.15) is 40.7 Å². The van der Waals surface area contributed by atoms with E-state index in [1.54, 1.807) is 42.3 Å². The molecule has 14 nitrogen and oxygen atoms in total. The second kappa shape index (κ2) is 17.8. The number of fused-ring (bicyclic) bond motifs is 1. The van der Waals surface area contributed by atoms with Crippen LogP contribution in [0.15, 0.2) is 77.8 Å². The van der Waals surface area contributed by atoms with E-state index in [0.29, 0.717) is 54.0 Å². The molecule has 0 spiro atoms. The summed E-state index contributed by atoms with van der Waals surface area (Å²) in [5.41, 5.74) is 8.38. The van der Waals surface area contributed by atoms with E-state index in [1.807, 2.05) is 30.3 Å². The minimum absolute atomic E-state index is 0.0214. The lowest BCUT2D eigenvalue weighted by Gasteiger charge is -2.32. The molecule has 1 fully saturated rings. The van der Waals surface area contributed by atoms with Crippen LogP contribution in [-0.4, -0.2) is 123 Å². The van der Waals surface area contributed by atoms with E-state index in [4.69, 9.17) is 20.2 Å². The van der Waals surface area contributed by atoms with E-state index >= 15 is 0 Å². The van der Waals surface area contributed by atoms with E-state index in [-0.39, 0.29) is 29.0 Å². The minimum atomic E-state index is -1.02. The SMILES string of the molecule is COC(=O)c1ccc2c(C(=Nc3ccc(N(C)C(=O)CN4CCN(C)CC4)cc3)c3ccccc3)c(O)n(C(=O)N[C@@H](CCCCN)C(=O)OC)c2c1. The Morgan fingerprint density at radius 1 is 0.925 bits per heavy atom. The number of benzene rings is 3. The Labute approximate surface area is 308 Å². The van der Waals surface area contributed by atoms with Gasteiger partial charge in [-0.05, 0) is 69.3 Å². The molecule has 1 aliphatic rings. The topological polar surface area (TPSA) is 172 Å². The van der Waals surface area contributed by atoms with E-state index in [9.17, 15) is 24.3 Å². The van der Waals surface area contributed by atoms with Crippen LogP contribution in [0.3, 0.4) is 0 Å². The Balaban J connectivity index is 1.56. The number of likely N-dealkylation sites (N-methyl/N-ethyl adjacent to an activating group) is 2. The number of hydrogen-bond donors (Lipinski definition) is 3. The zero-order valence-electron chi connectivity index (χ0n) is 30.6. The highest BCUT2D eigenvalue weighted by Gasteiger charge is 2.29. The number of nitrogens with one attached hydrogen (secondary N) is 1. The van der Waals surface area contributed by atoms with Gasteiger partial charge in [-0.15, -0.1) is 0 Å². The first kappa shape index (κ1) is 38.7. The van der Waals surface area contributed by atoms with Crippen LogP contribution in [0.4, 0.5) is 16.2 Å². The summed E-state index contributed by atoms with van der Waals surface area (Å²) in [4.78, 5) is 63.4. The molecule has 5 rings (SSSR count). The summed E-state index contributed by atoms with van der Waals surface area (Å²) in [6.07, 6.45) is 1.45. The third-order valence-corrected chi connectivity index (χ3v) is 9.39. The lowest BCUT2D eigenvalue weighted by Crippen LogP contribution is -2.48. The Bertz CT molecular complexity index is 1950. The van der Waals surface area contributed by atoms with Crippen molar-refractivity contribution in [3.8, 4) is 5.88 Å². The van der Waals surface area contributed by atoms with Gasteiger partial charge in [0.25, 0.3) is 0 Å². The van der Waals surface area contributed by atoms with Crippen molar-refractivity contribution in [3.05, 3.63) is 89.5 Å². The van der Waals surface area contributed by atoms with Crippen molar-refractivity contribution < 1.29 is 33.8 Å². The molecule has 0 saturated carbocycles. The molecule has 0 radical (unpaired) electrons. The predicted octanol–water partition coefficient (Wildman–Crippen LogP) is 3.74. The molecule has 280 valence electrons. The van der Waals surface area contributed by atoms with Crippen LogP contribution < -0.4 is 16.0 Å². The monoisotopic (exact) mass is 725 g/mol. The number of unbranched alkanes of at least 4 members (excludes halogenated alkanes) is 1. The number of aromatic hydroxyl groups is 1. The predicted molar refractivity (Wildman–Crippen MR) is 203 cm³/mol. The van der Waals surface area contributed by atoms with Gasteiger partial charge in [-0.2, -0.15) is 0 Å². The smallest absolute Gasteiger partial charge is 0.337 e. The van der Waals surface area contributed by atoms with E-state index in [1.165, 1.54) is 26.4 Å². The zero-order chi connectivity index (χ0) is 38.1. The average Bonchev–Trinajstić information content (AvgIpc) is 3.47. The van der Waals surface area contributed by atoms with Crippen molar-refractivity contribution in [2.24, 2.45) is 10.7 Å². The van der Waals surface area contributed by atoms with Crippen LogP contribution in [0.5, 0.6) is 5.88 Å². The summed E-state index contributed by atoms with van der Waals surface area (Å²) in [7, 11) is 6.30. The Hall–Kier alpha value is -5.57. The molecule has 1 aromatic heterocycles. The maximum absolute atomic E-state index is 14.0. The average molecular weight is 726 g/mol. The maximum atomic E-state index is 14.0. The van der Waals surface area contributed by atoms with E-state index in [2.05, 4.69) is 22.2 Å². The zero-order valence-corrected chi connectivity index (χ0v) is 30.6. The highest BCUT2D eigenvalue weighted by Crippen LogP contribution is 2.36. The quantitative estimate of drug-likeness (QED) is 0.105. The van der Waals surface area contributed by atoms with Gasteiger partial charge in [0.2, 0.25) is 11.8 Å². The van der Waals surface area contributed by atoms with Gasteiger partial charge in [-0.1, -0.05) is 36.4 Å². The summed E-state index contributed by atoms with van der Waals surface area (Å²) in [5.74, 6) is -1.77. The number of esters is 2. The van der Waals surface area contributed by atoms with Gasteiger partial charge in [0.05, 0.1) is 48.8 Å². The van der Waals surface area contributed by atoms with Crippen LogP contribution in [0.2, 0.25) is 0 Å². The third kappa shape index (κ3) is 9.09. The first-order valence-corrected chi connectivity index (χ1v) is 17.5. The molecule has 1 atom stereocenters. The van der Waals surface area contributed by atoms with Crippen molar-refractivity contribution in [1.29, 1.82) is 0 Å². The second-order valence-corrected chi connectivity index (χ2v) is 12.9. The minimum Gasteiger partial charge on any atom is -0.494 e. The number of methoxy groups -OCH3 is 2. The van der Waals surface area contributed by atoms with Crippen LogP contribution in [-0.2, 0) is 19.1 Å². The van der Waals surface area contributed by atoms with Crippen LogP contribution in [0, 0.1) is 0 Å². The number of nitrogens with zero attached hydrogens (tertiary/aromatic N) is 5. The number of carbonyl (C=O) groups is 4. The normalized spacial score (nSPS) is 14.5. The molecule has 3 aromatic carbocycles. The van der Waals surface area contributed by atoms with Gasteiger partial charge >= 0.3 is 18.0 Å². The molecule has 4 N–H and O–H groups in total. The summed E-state index contributed by atoms with van der Waals surface area (Å²) < 4.78 is 10.9. The number of nitrogens with two attached hydrogens (primary N) is 1. The molecular weight excluding hydrogens is 678 g/mol. The van der Waals surface area contributed by atoms with Crippen molar-refractivity contribution in [1.82, 2.24) is 19.7 Å². The van der Waals surface area contributed by atoms with Crippen molar-refractivity contribution in [2.45, 2.75) is 25.3 Å². The number of amides is 2. The number of carbonyl (C=O) groups excluding carboxylic acids is 4. The second-order valence-electron chi connectivity index (χ2n) is 12.9. The van der Waals surface area contributed by atoms with Gasteiger partial charge in [0, 0.05) is 49.9 Å². The van der Waals surface area contributed by atoms with Crippen molar-refractivity contribution in [2.75, 3.05) is 72.5 Å². The third-order valence-electron chi connectivity index (χ3n) is 9.39. The Morgan fingerprint density at radius 2 is 1.62 bits per heavy atom. The lowest BCUT2D eigenvalue weighted by atomic mass is 10.00. The number of anilines is 1. The maximum Gasteiger partial charge on any atom is 0.337 e. The summed E-state index contributed by atoms with van der Waals surface area (Å²) in [5, 5.41) is 15.1. The Kier molecular flexibility index (Phi) is 13.0. The standard InChI is InChI=1S/C39H47N7O7/c1-43-20-22-45(23-21-43)25-33(47)44(2)29-16-14-28(15-17-29)41-35(26-10-6-5-7-11-26)34-30-18-13-27(37(49)52-3)24-32(30)46(36(34)48)39(51)42-31(38(50)53-4)12-8-9-19-40/h5-7,10-11,13-18,24,31,48H,8-9,12,19-23,25,40H2,1-4H3,(H,42,51)/t31-/m0/s1. The van der Waals surface area contributed by atoms with Gasteiger partial charge in [0.15, 0.2) is 0 Å².